The number of likely N-dealkylation sites (N-methyl/N-ethyl adjacent to an activating group) is 1. The molecule has 0 radical (unpaired) electrons. The SMILES string of the molecule is CON1CCN(C(=O)CN(C)C)CC1. The standard InChI is InChI=1S/C9H19N3O2/c1-10(2)8-9(13)11-4-6-12(14-3)7-5-11/h4-8H2,1-3H3. The van der Waals surface area contributed by atoms with Gasteiger partial charge in [-0.1, -0.05) is 0 Å². The fourth-order valence-corrected chi connectivity index (χ4v) is 1.49. The number of hydroxylamine groups is 2. The Hall–Kier alpha value is -0.650. The van der Waals surface area contributed by atoms with E-state index in [2.05, 4.69) is 0 Å². The molecule has 5 heteroatoms. The Bertz CT molecular complexity index is 188. The minimum Gasteiger partial charge on any atom is -0.339 e. The molecule has 0 aromatic heterocycles. The molecule has 1 rings (SSSR count). The maximum Gasteiger partial charge on any atom is 0.236 e. The first-order valence-electron chi connectivity index (χ1n) is 4.85. The fraction of sp³-hybridized carbons (Fsp3) is 0.889. The zero-order valence-corrected chi connectivity index (χ0v) is 9.19. The number of hydrogen-bond acceptors (Lipinski definition) is 4. The molecule has 0 aromatic carbocycles. The lowest BCUT2D eigenvalue weighted by Gasteiger charge is -2.33. The summed E-state index contributed by atoms with van der Waals surface area (Å²) in [6.07, 6.45) is 0. The molecule has 1 saturated heterocycles. The highest BCUT2D eigenvalue weighted by Crippen LogP contribution is 2.01. The van der Waals surface area contributed by atoms with Gasteiger partial charge in [0.05, 0.1) is 13.7 Å². The van der Waals surface area contributed by atoms with Crippen LogP contribution >= 0.6 is 0 Å². The van der Waals surface area contributed by atoms with E-state index in [0.29, 0.717) is 6.54 Å². The van der Waals surface area contributed by atoms with Gasteiger partial charge in [0.1, 0.15) is 0 Å². The molecular formula is C9H19N3O2. The van der Waals surface area contributed by atoms with Gasteiger partial charge in [0, 0.05) is 26.2 Å². The normalized spacial score (nSPS) is 19.0. The van der Waals surface area contributed by atoms with Crippen molar-refractivity contribution in [3.63, 3.8) is 0 Å². The minimum atomic E-state index is 0.200. The Kier molecular flexibility index (Phi) is 4.31. The van der Waals surface area contributed by atoms with Gasteiger partial charge in [-0.15, -0.1) is 0 Å². The van der Waals surface area contributed by atoms with Crippen LogP contribution in [0.15, 0.2) is 0 Å². The van der Waals surface area contributed by atoms with Crippen LogP contribution in [0.3, 0.4) is 0 Å². The number of piperazine rings is 1. The van der Waals surface area contributed by atoms with Crippen LogP contribution in [0.5, 0.6) is 0 Å². The first-order valence-corrected chi connectivity index (χ1v) is 4.85. The Morgan fingerprint density at radius 2 is 1.86 bits per heavy atom. The van der Waals surface area contributed by atoms with E-state index in [9.17, 15) is 4.79 Å². The fourth-order valence-electron chi connectivity index (χ4n) is 1.49. The van der Waals surface area contributed by atoms with E-state index in [1.165, 1.54) is 0 Å². The number of rotatable bonds is 3. The lowest BCUT2D eigenvalue weighted by Crippen LogP contribution is -2.50. The summed E-state index contributed by atoms with van der Waals surface area (Å²) >= 11 is 0. The van der Waals surface area contributed by atoms with Gasteiger partial charge in [-0.2, -0.15) is 5.06 Å². The molecule has 14 heavy (non-hydrogen) atoms. The number of nitrogens with zero attached hydrogens (tertiary/aromatic N) is 3. The summed E-state index contributed by atoms with van der Waals surface area (Å²) < 4.78 is 0. The number of carbonyl (C=O) groups is 1. The van der Waals surface area contributed by atoms with Gasteiger partial charge in [0.25, 0.3) is 0 Å². The van der Waals surface area contributed by atoms with E-state index in [1.807, 2.05) is 29.0 Å². The zero-order chi connectivity index (χ0) is 10.6. The van der Waals surface area contributed by atoms with Crippen molar-refractivity contribution < 1.29 is 9.63 Å². The monoisotopic (exact) mass is 201 g/mol. The van der Waals surface area contributed by atoms with E-state index in [4.69, 9.17) is 4.84 Å². The van der Waals surface area contributed by atoms with Crippen molar-refractivity contribution in [1.82, 2.24) is 14.9 Å². The first-order chi connectivity index (χ1) is 6.63. The van der Waals surface area contributed by atoms with Gasteiger partial charge < -0.3 is 14.6 Å². The quantitative estimate of drug-likeness (QED) is 0.602. The number of hydrogen-bond donors (Lipinski definition) is 0. The maximum atomic E-state index is 11.6. The van der Waals surface area contributed by atoms with Gasteiger partial charge in [0.2, 0.25) is 5.91 Å². The molecule has 0 saturated carbocycles. The highest BCUT2D eigenvalue weighted by atomic mass is 16.7. The van der Waals surface area contributed by atoms with Gasteiger partial charge in [-0.25, -0.2) is 0 Å². The summed E-state index contributed by atoms with van der Waals surface area (Å²) in [5.41, 5.74) is 0. The predicted octanol–water partition coefficient (Wildman–Crippen LogP) is -0.746. The van der Waals surface area contributed by atoms with E-state index >= 15 is 0 Å². The van der Waals surface area contributed by atoms with E-state index < -0.39 is 0 Å². The molecule has 82 valence electrons. The summed E-state index contributed by atoms with van der Waals surface area (Å²) in [4.78, 5) is 20.5. The van der Waals surface area contributed by atoms with Crippen LogP contribution in [0.25, 0.3) is 0 Å². The van der Waals surface area contributed by atoms with E-state index in [-0.39, 0.29) is 5.91 Å². The second-order valence-corrected chi connectivity index (χ2v) is 3.73. The molecule has 1 fully saturated rings. The Morgan fingerprint density at radius 3 is 2.29 bits per heavy atom. The molecule has 0 atom stereocenters. The number of carbonyl (C=O) groups excluding carboxylic acids is 1. The third kappa shape index (κ3) is 3.25. The summed E-state index contributed by atoms with van der Waals surface area (Å²) in [6, 6.07) is 0. The minimum absolute atomic E-state index is 0.200. The van der Waals surface area contributed by atoms with Crippen molar-refractivity contribution in [2.45, 2.75) is 0 Å². The average molecular weight is 201 g/mol. The predicted molar refractivity (Wildman–Crippen MR) is 53.7 cm³/mol. The molecule has 1 heterocycles. The summed E-state index contributed by atoms with van der Waals surface area (Å²) in [7, 11) is 5.48. The number of amides is 1. The average Bonchev–Trinajstić information content (AvgIpc) is 2.17. The lowest BCUT2D eigenvalue weighted by molar-refractivity contribution is -0.161. The third-order valence-corrected chi connectivity index (χ3v) is 2.30. The van der Waals surface area contributed by atoms with Crippen LogP contribution in [0.4, 0.5) is 0 Å². The van der Waals surface area contributed by atoms with E-state index in [1.54, 1.807) is 7.11 Å². The Balaban J connectivity index is 2.30. The molecule has 0 aromatic rings. The van der Waals surface area contributed by atoms with Crippen molar-refractivity contribution in [3.8, 4) is 0 Å². The van der Waals surface area contributed by atoms with Crippen molar-refractivity contribution in [1.29, 1.82) is 0 Å². The van der Waals surface area contributed by atoms with Crippen LogP contribution in [0.1, 0.15) is 0 Å². The van der Waals surface area contributed by atoms with Crippen LogP contribution in [0, 0.1) is 0 Å². The van der Waals surface area contributed by atoms with Gasteiger partial charge in [-0.05, 0) is 14.1 Å². The van der Waals surface area contributed by atoms with Crippen LogP contribution in [-0.4, -0.2) is 74.7 Å². The highest BCUT2D eigenvalue weighted by molar-refractivity contribution is 5.78. The van der Waals surface area contributed by atoms with Crippen molar-refractivity contribution in [2.24, 2.45) is 0 Å². The van der Waals surface area contributed by atoms with Crippen LogP contribution in [0.2, 0.25) is 0 Å². The molecule has 1 aliphatic rings. The Labute approximate surface area is 85.2 Å². The second kappa shape index (κ2) is 5.29. The molecule has 0 bridgehead atoms. The van der Waals surface area contributed by atoms with Gasteiger partial charge >= 0.3 is 0 Å². The molecule has 0 spiro atoms. The van der Waals surface area contributed by atoms with Crippen LogP contribution < -0.4 is 0 Å². The van der Waals surface area contributed by atoms with Crippen molar-refractivity contribution >= 4 is 5.91 Å². The maximum absolute atomic E-state index is 11.6. The molecule has 1 amide bonds. The molecule has 0 N–H and O–H groups in total. The zero-order valence-electron chi connectivity index (χ0n) is 9.19. The smallest absolute Gasteiger partial charge is 0.236 e. The molecule has 0 unspecified atom stereocenters. The van der Waals surface area contributed by atoms with E-state index in [0.717, 1.165) is 26.2 Å². The first kappa shape index (κ1) is 11.4. The summed E-state index contributed by atoms with van der Waals surface area (Å²) in [6.45, 7) is 3.62. The highest BCUT2D eigenvalue weighted by Gasteiger charge is 2.20. The Morgan fingerprint density at radius 1 is 1.29 bits per heavy atom. The molecule has 5 nitrogen and oxygen atoms in total. The molecule has 1 aliphatic heterocycles. The largest absolute Gasteiger partial charge is 0.339 e. The van der Waals surface area contributed by atoms with Crippen molar-refractivity contribution in [2.75, 3.05) is 53.9 Å². The topological polar surface area (TPSA) is 36.0 Å². The summed E-state index contributed by atoms with van der Waals surface area (Å²) in [5.74, 6) is 0.200. The summed E-state index contributed by atoms with van der Waals surface area (Å²) in [5, 5.41) is 1.87. The second-order valence-electron chi connectivity index (χ2n) is 3.73. The van der Waals surface area contributed by atoms with Gasteiger partial charge in [-0.3, -0.25) is 4.79 Å². The lowest BCUT2D eigenvalue weighted by atomic mass is 10.3. The third-order valence-electron chi connectivity index (χ3n) is 2.30. The molecular weight excluding hydrogens is 182 g/mol. The van der Waals surface area contributed by atoms with Gasteiger partial charge in [0.15, 0.2) is 0 Å². The van der Waals surface area contributed by atoms with Crippen LogP contribution in [-0.2, 0) is 9.63 Å². The van der Waals surface area contributed by atoms with Crippen molar-refractivity contribution in [3.05, 3.63) is 0 Å². The molecule has 0 aliphatic carbocycles.